The molecule has 21 heavy (non-hydrogen) atoms. The topological polar surface area (TPSA) is 40.5 Å². The molecule has 0 aliphatic rings. The van der Waals surface area contributed by atoms with Gasteiger partial charge in [-0.2, -0.15) is 0 Å². The zero-order chi connectivity index (χ0) is 15.1. The Bertz CT molecular complexity index is 554. The highest BCUT2D eigenvalue weighted by atomic mass is 32.2. The maximum atomic E-state index is 10.2. The Balaban J connectivity index is 1.96. The van der Waals surface area contributed by atoms with Crippen LogP contribution in [0.15, 0.2) is 53.4 Å². The first-order chi connectivity index (χ1) is 10.2. The molecule has 1 atom stereocenters. The number of benzene rings is 2. The quantitative estimate of drug-likeness (QED) is 0.737. The number of hydrogen-bond acceptors (Lipinski definition) is 3. The molecule has 0 aliphatic heterocycles. The van der Waals surface area contributed by atoms with Crippen LogP contribution >= 0.6 is 11.8 Å². The van der Waals surface area contributed by atoms with Crippen LogP contribution in [0.2, 0.25) is 0 Å². The van der Waals surface area contributed by atoms with Crippen molar-refractivity contribution in [3.8, 4) is 5.75 Å². The number of phenols is 1. The summed E-state index contributed by atoms with van der Waals surface area (Å²) in [5.74, 6) is 0.985. The summed E-state index contributed by atoms with van der Waals surface area (Å²) >= 11 is 1.62. The van der Waals surface area contributed by atoms with Gasteiger partial charge in [0, 0.05) is 10.6 Å². The molecule has 2 rings (SSSR count). The first-order valence-electron chi connectivity index (χ1n) is 7.38. The van der Waals surface area contributed by atoms with Crippen LogP contribution in [0.1, 0.15) is 37.0 Å². The van der Waals surface area contributed by atoms with E-state index in [9.17, 15) is 10.2 Å². The number of aliphatic hydroxyl groups excluding tert-OH is 1. The molecule has 1 unspecified atom stereocenters. The van der Waals surface area contributed by atoms with Gasteiger partial charge in [-0.3, -0.25) is 0 Å². The van der Waals surface area contributed by atoms with Gasteiger partial charge < -0.3 is 10.2 Å². The lowest BCUT2D eigenvalue weighted by Gasteiger charge is -2.12. The average Bonchev–Trinajstić information content (AvgIpc) is 2.53. The predicted molar refractivity (Wildman–Crippen MR) is 88.8 cm³/mol. The molecule has 0 saturated heterocycles. The third-order valence-electron chi connectivity index (χ3n) is 3.44. The molecular weight excluding hydrogens is 280 g/mol. The molecule has 2 nitrogen and oxygen atoms in total. The Morgan fingerprint density at radius 3 is 2.57 bits per heavy atom. The van der Waals surface area contributed by atoms with Crippen molar-refractivity contribution in [3.05, 3.63) is 59.7 Å². The SMILES string of the molecule is CCCCc1cc(SCC(O)c2ccccc2)ccc1O. The third-order valence-corrected chi connectivity index (χ3v) is 4.51. The minimum Gasteiger partial charge on any atom is -0.508 e. The number of unbranched alkanes of at least 4 members (excludes halogenated alkanes) is 1. The van der Waals surface area contributed by atoms with Crippen LogP contribution in [-0.4, -0.2) is 16.0 Å². The number of aryl methyl sites for hydroxylation is 1. The molecule has 0 spiro atoms. The van der Waals surface area contributed by atoms with Crippen LogP contribution in [0.3, 0.4) is 0 Å². The van der Waals surface area contributed by atoms with Crippen LogP contribution in [0.25, 0.3) is 0 Å². The van der Waals surface area contributed by atoms with Crippen LogP contribution in [0.4, 0.5) is 0 Å². The van der Waals surface area contributed by atoms with Crippen LogP contribution < -0.4 is 0 Å². The zero-order valence-corrected chi connectivity index (χ0v) is 13.1. The lowest BCUT2D eigenvalue weighted by molar-refractivity contribution is 0.204. The smallest absolute Gasteiger partial charge is 0.118 e. The maximum absolute atomic E-state index is 10.2. The van der Waals surface area contributed by atoms with E-state index in [1.165, 1.54) is 0 Å². The van der Waals surface area contributed by atoms with Crippen molar-refractivity contribution in [2.45, 2.75) is 37.2 Å². The second-order valence-corrected chi connectivity index (χ2v) is 6.22. The highest BCUT2D eigenvalue weighted by molar-refractivity contribution is 7.99. The van der Waals surface area contributed by atoms with Crippen molar-refractivity contribution in [1.82, 2.24) is 0 Å². The summed E-state index contributed by atoms with van der Waals surface area (Å²) in [5, 5.41) is 20.0. The number of aliphatic hydroxyl groups is 1. The fraction of sp³-hybridized carbons (Fsp3) is 0.333. The highest BCUT2D eigenvalue weighted by Crippen LogP contribution is 2.29. The van der Waals surface area contributed by atoms with Gasteiger partial charge in [-0.05, 0) is 42.2 Å². The minimum atomic E-state index is -0.468. The Labute approximate surface area is 130 Å². The van der Waals surface area contributed by atoms with Crippen LogP contribution in [0.5, 0.6) is 5.75 Å². The van der Waals surface area contributed by atoms with E-state index in [2.05, 4.69) is 6.92 Å². The van der Waals surface area contributed by atoms with Crippen molar-refractivity contribution in [1.29, 1.82) is 0 Å². The summed E-state index contributed by atoms with van der Waals surface area (Å²) < 4.78 is 0. The Kier molecular flexibility index (Phi) is 6.15. The molecule has 0 saturated carbocycles. The number of thioether (sulfide) groups is 1. The molecular formula is C18H22O2S. The maximum Gasteiger partial charge on any atom is 0.118 e. The van der Waals surface area contributed by atoms with E-state index >= 15 is 0 Å². The van der Waals surface area contributed by atoms with Gasteiger partial charge in [-0.1, -0.05) is 43.7 Å². The first-order valence-corrected chi connectivity index (χ1v) is 8.37. The summed E-state index contributed by atoms with van der Waals surface area (Å²) in [4.78, 5) is 1.09. The summed E-state index contributed by atoms with van der Waals surface area (Å²) in [5.41, 5.74) is 1.94. The van der Waals surface area contributed by atoms with E-state index in [1.807, 2.05) is 42.5 Å². The minimum absolute atomic E-state index is 0.372. The number of rotatable bonds is 7. The molecule has 0 bridgehead atoms. The molecule has 112 valence electrons. The fourth-order valence-electron chi connectivity index (χ4n) is 2.17. The summed E-state index contributed by atoms with van der Waals surface area (Å²) in [6, 6.07) is 15.4. The Hall–Kier alpha value is -1.45. The van der Waals surface area contributed by atoms with Gasteiger partial charge in [0.1, 0.15) is 5.75 Å². The normalized spacial score (nSPS) is 12.3. The van der Waals surface area contributed by atoms with E-state index in [1.54, 1.807) is 17.8 Å². The van der Waals surface area contributed by atoms with Crippen molar-refractivity contribution in [2.24, 2.45) is 0 Å². The predicted octanol–water partition coefficient (Wildman–Crippen LogP) is 4.56. The van der Waals surface area contributed by atoms with Gasteiger partial charge in [0.05, 0.1) is 6.10 Å². The van der Waals surface area contributed by atoms with Crippen molar-refractivity contribution in [3.63, 3.8) is 0 Å². The lowest BCUT2D eigenvalue weighted by Crippen LogP contribution is -2.00. The summed E-state index contributed by atoms with van der Waals surface area (Å²) in [7, 11) is 0. The Morgan fingerprint density at radius 1 is 1.10 bits per heavy atom. The van der Waals surface area contributed by atoms with Gasteiger partial charge >= 0.3 is 0 Å². The van der Waals surface area contributed by atoms with E-state index in [-0.39, 0.29) is 0 Å². The van der Waals surface area contributed by atoms with E-state index in [0.717, 1.165) is 35.3 Å². The summed E-state index contributed by atoms with van der Waals surface area (Å²) in [6.45, 7) is 2.14. The van der Waals surface area contributed by atoms with E-state index < -0.39 is 6.10 Å². The fourth-order valence-corrected chi connectivity index (χ4v) is 3.10. The van der Waals surface area contributed by atoms with E-state index in [0.29, 0.717) is 11.5 Å². The molecule has 0 heterocycles. The van der Waals surface area contributed by atoms with Gasteiger partial charge in [-0.25, -0.2) is 0 Å². The number of hydrogen-bond donors (Lipinski definition) is 2. The second-order valence-electron chi connectivity index (χ2n) is 5.13. The molecule has 2 aromatic carbocycles. The van der Waals surface area contributed by atoms with Gasteiger partial charge in [-0.15, -0.1) is 11.8 Å². The standard InChI is InChI=1S/C18H22O2S/c1-2-3-7-15-12-16(10-11-17(15)19)21-13-18(20)14-8-5-4-6-9-14/h4-6,8-12,18-20H,2-3,7,13H2,1H3. The molecule has 2 N–H and O–H groups in total. The molecule has 0 fully saturated rings. The highest BCUT2D eigenvalue weighted by Gasteiger charge is 2.09. The lowest BCUT2D eigenvalue weighted by atomic mass is 10.1. The molecule has 0 amide bonds. The van der Waals surface area contributed by atoms with E-state index in [4.69, 9.17) is 0 Å². The molecule has 0 radical (unpaired) electrons. The van der Waals surface area contributed by atoms with Crippen molar-refractivity contribution < 1.29 is 10.2 Å². The average molecular weight is 302 g/mol. The number of phenolic OH excluding ortho intramolecular Hbond substituents is 1. The molecule has 3 heteroatoms. The molecule has 0 aliphatic carbocycles. The largest absolute Gasteiger partial charge is 0.508 e. The van der Waals surface area contributed by atoms with Gasteiger partial charge in [0.15, 0.2) is 0 Å². The number of aromatic hydroxyl groups is 1. The summed E-state index contributed by atoms with van der Waals surface area (Å²) in [6.07, 6.45) is 2.62. The van der Waals surface area contributed by atoms with Crippen LogP contribution in [0, 0.1) is 0 Å². The first kappa shape index (κ1) is 15.9. The third kappa shape index (κ3) is 4.80. The van der Waals surface area contributed by atoms with Crippen molar-refractivity contribution in [2.75, 3.05) is 5.75 Å². The Morgan fingerprint density at radius 2 is 1.86 bits per heavy atom. The monoisotopic (exact) mass is 302 g/mol. The van der Waals surface area contributed by atoms with Crippen LogP contribution in [-0.2, 0) is 6.42 Å². The zero-order valence-electron chi connectivity index (χ0n) is 12.3. The van der Waals surface area contributed by atoms with Gasteiger partial charge in [0.2, 0.25) is 0 Å². The van der Waals surface area contributed by atoms with Gasteiger partial charge in [0.25, 0.3) is 0 Å². The molecule has 2 aromatic rings. The second kappa shape index (κ2) is 8.11. The molecule has 0 aromatic heterocycles. The van der Waals surface area contributed by atoms with Crippen molar-refractivity contribution >= 4 is 11.8 Å².